The van der Waals surface area contributed by atoms with Crippen LogP contribution in [0.2, 0.25) is 0 Å². The summed E-state index contributed by atoms with van der Waals surface area (Å²) < 4.78 is 1.98. The molecule has 2 aromatic heterocycles. The summed E-state index contributed by atoms with van der Waals surface area (Å²) in [6.07, 6.45) is 3.69. The number of rotatable bonds is 3. The summed E-state index contributed by atoms with van der Waals surface area (Å²) in [7, 11) is 0. The molecule has 2 rings (SSSR count). The molecule has 1 N–H and O–H groups in total. The van der Waals surface area contributed by atoms with E-state index in [1.54, 1.807) is 6.20 Å². The van der Waals surface area contributed by atoms with Crippen LogP contribution in [0.1, 0.15) is 24.1 Å². The topological polar surface area (TPSA) is 55.6 Å². The van der Waals surface area contributed by atoms with Crippen LogP contribution in [0, 0.1) is 20.8 Å². The van der Waals surface area contributed by atoms with Crippen LogP contribution in [0.3, 0.4) is 0 Å². The fourth-order valence-electron chi connectivity index (χ4n) is 1.79. The SMILES string of the molecule is CCNc1nc(C)nc(-n2ccnc2C)c1C. The molecule has 0 radical (unpaired) electrons. The Labute approximate surface area is 101 Å². The first-order chi connectivity index (χ1) is 8.13. The number of imidazole rings is 1. The van der Waals surface area contributed by atoms with Crippen molar-refractivity contribution in [3.8, 4) is 5.82 Å². The third kappa shape index (κ3) is 2.13. The molecule has 0 aliphatic carbocycles. The smallest absolute Gasteiger partial charge is 0.146 e. The quantitative estimate of drug-likeness (QED) is 0.878. The van der Waals surface area contributed by atoms with Gasteiger partial charge in [0.25, 0.3) is 0 Å². The first kappa shape index (κ1) is 11.6. The normalized spacial score (nSPS) is 10.6. The second-order valence-electron chi connectivity index (χ2n) is 3.94. The number of hydrogen-bond acceptors (Lipinski definition) is 4. The van der Waals surface area contributed by atoms with Crippen LogP contribution < -0.4 is 5.32 Å². The number of hydrogen-bond donors (Lipinski definition) is 1. The van der Waals surface area contributed by atoms with E-state index in [9.17, 15) is 0 Å². The lowest BCUT2D eigenvalue weighted by atomic mass is 10.3. The van der Waals surface area contributed by atoms with Crippen LogP contribution in [0.5, 0.6) is 0 Å². The van der Waals surface area contributed by atoms with Crippen molar-refractivity contribution < 1.29 is 0 Å². The minimum Gasteiger partial charge on any atom is -0.370 e. The molecular formula is C12H17N5. The maximum absolute atomic E-state index is 4.49. The average Bonchev–Trinajstić information content (AvgIpc) is 2.70. The van der Waals surface area contributed by atoms with E-state index in [1.807, 2.05) is 31.5 Å². The van der Waals surface area contributed by atoms with Crippen LogP contribution in [0.25, 0.3) is 5.82 Å². The van der Waals surface area contributed by atoms with Crippen molar-refractivity contribution in [2.75, 3.05) is 11.9 Å². The summed E-state index contributed by atoms with van der Waals surface area (Å²) >= 11 is 0. The number of anilines is 1. The number of aryl methyl sites for hydroxylation is 2. The maximum Gasteiger partial charge on any atom is 0.146 e. The number of nitrogens with zero attached hydrogens (tertiary/aromatic N) is 4. The van der Waals surface area contributed by atoms with Gasteiger partial charge in [0.2, 0.25) is 0 Å². The molecule has 0 saturated carbocycles. The molecule has 0 aliphatic rings. The molecule has 0 aliphatic heterocycles. The van der Waals surface area contributed by atoms with Crippen molar-refractivity contribution in [2.45, 2.75) is 27.7 Å². The van der Waals surface area contributed by atoms with E-state index in [0.717, 1.165) is 35.4 Å². The van der Waals surface area contributed by atoms with E-state index in [1.165, 1.54) is 0 Å². The predicted octanol–water partition coefficient (Wildman–Crippen LogP) is 2.02. The number of nitrogens with one attached hydrogen (secondary N) is 1. The van der Waals surface area contributed by atoms with Crippen LogP contribution in [-0.4, -0.2) is 26.1 Å². The van der Waals surface area contributed by atoms with Crippen LogP contribution in [-0.2, 0) is 0 Å². The molecule has 5 nitrogen and oxygen atoms in total. The highest BCUT2D eigenvalue weighted by Crippen LogP contribution is 2.19. The molecule has 2 heterocycles. The van der Waals surface area contributed by atoms with Gasteiger partial charge in [-0.1, -0.05) is 0 Å². The fourth-order valence-corrected chi connectivity index (χ4v) is 1.79. The van der Waals surface area contributed by atoms with Gasteiger partial charge >= 0.3 is 0 Å². The number of aromatic nitrogens is 4. The van der Waals surface area contributed by atoms with Gasteiger partial charge < -0.3 is 5.32 Å². The van der Waals surface area contributed by atoms with Crippen LogP contribution in [0.15, 0.2) is 12.4 Å². The van der Waals surface area contributed by atoms with Crippen molar-refractivity contribution in [1.82, 2.24) is 19.5 Å². The molecule has 0 amide bonds. The molecule has 0 bridgehead atoms. The zero-order valence-corrected chi connectivity index (χ0v) is 10.7. The third-order valence-corrected chi connectivity index (χ3v) is 2.63. The van der Waals surface area contributed by atoms with E-state index >= 15 is 0 Å². The average molecular weight is 231 g/mol. The third-order valence-electron chi connectivity index (χ3n) is 2.63. The lowest BCUT2D eigenvalue weighted by Crippen LogP contribution is -2.10. The molecule has 0 saturated heterocycles. The molecule has 90 valence electrons. The standard InChI is InChI=1S/C12H17N5/c1-5-13-11-8(2)12(16-9(3)15-11)17-7-6-14-10(17)4/h6-7H,5H2,1-4H3,(H,13,15,16). The molecular weight excluding hydrogens is 214 g/mol. The molecule has 0 aromatic carbocycles. The molecule has 2 aromatic rings. The second-order valence-corrected chi connectivity index (χ2v) is 3.94. The van der Waals surface area contributed by atoms with Crippen molar-refractivity contribution >= 4 is 5.82 Å². The van der Waals surface area contributed by atoms with Crippen LogP contribution >= 0.6 is 0 Å². The van der Waals surface area contributed by atoms with E-state index in [0.29, 0.717) is 0 Å². The van der Waals surface area contributed by atoms with Crippen molar-refractivity contribution in [1.29, 1.82) is 0 Å². The van der Waals surface area contributed by atoms with E-state index in [4.69, 9.17) is 0 Å². The van der Waals surface area contributed by atoms with E-state index in [-0.39, 0.29) is 0 Å². The monoisotopic (exact) mass is 231 g/mol. The molecule has 5 heteroatoms. The van der Waals surface area contributed by atoms with Crippen molar-refractivity contribution in [2.24, 2.45) is 0 Å². The highest BCUT2D eigenvalue weighted by molar-refractivity contribution is 5.51. The summed E-state index contributed by atoms with van der Waals surface area (Å²) in [6, 6.07) is 0. The lowest BCUT2D eigenvalue weighted by molar-refractivity contribution is 0.883. The highest BCUT2D eigenvalue weighted by Gasteiger charge is 2.11. The summed E-state index contributed by atoms with van der Waals surface area (Å²) in [4.78, 5) is 13.1. The van der Waals surface area contributed by atoms with Gasteiger partial charge in [0.05, 0.1) is 0 Å². The molecule has 0 spiro atoms. The van der Waals surface area contributed by atoms with Gasteiger partial charge in [-0.05, 0) is 27.7 Å². The van der Waals surface area contributed by atoms with Crippen molar-refractivity contribution in [3.63, 3.8) is 0 Å². The van der Waals surface area contributed by atoms with Gasteiger partial charge in [-0.15, -0.1) is 0 Å². The minimum absolute atomic E-state index is 0.759. The van der Waals surface area contributed by atoms with Gasteiger partial charge in [-0.3, -0.25) is 4.57 Å². The first-order valence-electron chi connectivity index (χ1n) is 5.73. The summed E-state index contributed by atoms with van der Waals surface area (Å²) in [5.74, 6) is 3.47. The zero-order valence-electron chi connectivity index (χ0n) is 10.7. The Hall–Kier alpha value is -1.91. The molecule has 0 unspecified atom stereocenters. The Balaban J connectivity index is 2.58. The highest BCUT2D eigenvalue weighted by atomic mass is 15.2. The minimum atomic E-state index is 0.759. The Morgan fingerprint density at radius 2 is 2.00 bits per heavy atom. The Kier molecular flexibility index (Phi) is 3.08. The lowest BCUT2D eigenvalue weighted by Gasteiger charge is -2.13. The summed E-state index contributed by atoms with van der Waals surface area (Å²) in [6.45, 7) is 8.78. The molecule has 0 atom stereocenters. The predicted molar refractivity (Wildman–Crippen MR) is 67.5 cm³/mol. The Bertz CT molecular complexity index is 530. The van der Waals surface area contributed by atoms with E-state index in [2.05, 4.69) is 27.2 Å². The Morgan fingerprint density at radius 1 is 1.24 bits per heavy atom. The summed E-state index contributed by atoms with van der Waals surface area (Å²) in [5.41, 5.74) is 1.04. The van der Waals surface area contributed by atoms with Crippen molar-refractivity contribution in [3.05, 3.63) is 29.6 Å². The zero-order chi connectivity index (χ0) is 12.4. The van der Waals surface area contributed by atoms with E-state index < -0.39 is 0 Å². The largest absolute Gasteiger partial charge is 0.370 e. The van der Waals surface area contributed by atoms with Gasteiger partial charge in [-0.2, -0.15) is 0 Å². The molecule has 0 fully saturated rings. The Morgan fingerprint density at radius 3 is 2.59 bits per heavy atom. The van der Waals surface area contributed by atoms with Gasteiger partial charge in [0.1, 0.15) is 23.3 Å². The van der Waals surface area contributed by atoms with Gasteiger partial charge in [0.15, 0.2) is 0 Å². The molecule has 17 heavy (non-hydrogen) atoms. The van der Waals surface area contributed by atoms with Gasteiger partial charge in [-0.25, -0.2) is 15.0 Å². The summed E-state index contributed by atoms with van der Waals surface area (Å²) in [5, 5.41) is 3.25. The second kappa shape index (κ2) is 4.53. The fraction of sp³-hybridized carbons (Fsp3) is 0.417. The first-order valence-corrected chi connectivity index (χ1v) is 5.73. The van der Waals surface area contributed by atoms with Gasteiger partial charge in [0, 0.05) is 24.5 Å². The maximum atomic E-state index is 4.49. The van der Waals surface area contributed by atoms with Crippen LogP contribution in [0.4, 0.5) is 5.82 Å².